The van der Waals surface area contributed by atoms with Crippen LogP contribution in [0.25, 0.3) is 0 Å². The van der Waals surface area contributed by atoms with Crippen LogP contribution in [0, 0.1) is 0 Å². The molecule has 0 spiro atoms. The van der Waals surface area contributed by atoms with Gasteiger partial charge in [0.25, 0.3) is 0 Å². The van der Waals surface area contributed by atoms with Gasteiger partial charge in [-0.15, -0.1) is 0 Å². The smallest absolute Gasteiger partial charge is 0.126 e. The van der Waals surface area contributed by atoms with Gasteiger partial charge in [-0.2, -0.15) is 0 Å². The molecule has 0 saturated heterocycles. The lowest BCUT2D eigenvalue weighted by Gasteiger charge is -2.21. The van der Waals surface area contributed by atoms with E-state index in [-0.39, 0.29) is 0 Å². The summed E-state index contributed by atoms with van der Waals surface area (Å²) in [4.78, 5) is 0. The van der Waals surface area contributed by atoms with E-state index in [1.165, 1.54) is 0 Å². The van der Waals surface area contributed by atoms with Crippen molar-refractivity contribution in [2.75, 3.05) is 13.2 Å². The Kier molecular flexibility index (Phi) is 9.50. The zero-order valence-electron chi connectivity index (χ0n) is 25.9. The van der Waals surface area contributed by atoms with Gasteiger partial charge in [-0.25, -0.2) is 0 Å². The van der Waals surface area contributed by atoms with Crippen molar-refractivity contribution in [1.29, 1.82) is 0 Å². The highest BCUT2D eigenvalue weighted by atomic mass is 16.5. The standard InChI is InChI=1S/C41H40O4/c1-3-22-43-39-32-16-9-18-34(39)26-35-19-11-20-36(40(35)44-23-4-2)27-37-21-10-17-33(25-31-15-8-14-30(24-32)38(31)42)41(37)45-28-29-12-6-5-7-13-29/h3,5-21,42H,1,4,22-28H2,2H3. The molecule has 0 aromatic heterocycles. The van der Waals surface area contributed by atoms with E-state index in [0.717, 1.165) is 73.7 Å². The largest absolute Gasteiger partial charge is 0.507 e. The quantitative estimate of drug-likeness (QED) is 0.169. The highest BCUT2D eigenvalue weighted by Gasteiger charge is 2.21. The zero-order chi connectivity index (χ0) is 31.0. The third kappa shape index (κ3) is 6.91. The van der Waals surface area contributed by atoms with Gasteiger partial charge in [-0.3, -0.25) is 0 Å². The normalized spacial score (nSPS) is 12.3. The van der Waals surface area contributed by atoms with Gasteiger partial charge in [-0.05, 0) is 56.5 Å². The van der Waals surface area contributed by atoms with Crippen LogP contribution in [0.5, 0.6) is 23.0 Å². The first-order valence-corrected chi connectivity index (χ1v) is 15.8. The van der Waals surface area contributed by atoms with Gasteiger partial charge in [0.05, 0.1) is 6.61 Å². The molecule has 1 aliphatic carbocycles. The summed E-state index contributed by atoms with van der Waals surface area (Å²) < 4.78 is 19.5. The maximum Gasteiger partial charge on any atom is 0.126 e. The Morgan fingerprint density at radius 3 is 1.44 bits per heavy atom. The van der Waals surface area contributed by atoms with Gasteiger partial charge in [0.1, 0.15) is 36.2 Å². The summed E-state index contributed by atoms with van der Waals surface area (Å²) in [5, 5.41) is 11.6. The molecule has 0 aliphatic heterocycles. The van der Waals surface area contributed by atoms with Crippen LogP contribution in [0.4, 0.5) is 0 Å². The lowest BCUT2D eigenvalue weighted by molar-refractivity contribution is 0.299. The second-order valence-electron chi connectivity index (χ2n) is 11.6. The number of fused-ring (bicyclic) bond motifs is 8. The van der Waals surface area contributed by atoms with Gasteiger partial charge < -0.3 is 19.3 Å². The molecule has 6 rings (SSSR count). The fourth-order valence-corrected chi connectivity index (χ4v) is 6.13. The van der Waals surface area contributed by atoms with Crippen LogP contribution in [-0.2, 0) is 32.3 Å². The molecule has 5 aromatic rings. The Labute approximate surface area is 266 Å². The molecule has 0 unspecified atom stereocenters. The summed E-state index contributed by atoms with van der Waals surface area (Å²) in [5.41, 5.74) is 9.27. The molecular formula is C41H40O4. The van der Waals surface area contributed by atoms with Crippen molar-refractivity contribution in [3.63, 3.8) is 0 Å². The molecule has 0 heterocycles. The zero-order valence-corrected chi connectivity index (χ0v) is 25.9. The van der Waals surface area contributed by atoms with Crippen LogP contribution in [0.1, 0.15) is 63.4 Å². The van der Waals surface area contributed by atoms with Crippen molar-refractivity contribution < 1.29 is 19.3 Å². The molecule has 4 nitrogen and oxygen atoms in total. The number of aromatic hydroxyl groups is 1. The SMILES string of the molecule is C=CCOc1c2cccc1Cc1cccc(c1OCCC)Cc1cccc(c1OCc1ccccc1)Cc1cccc(c1O)C2. The number of para-hydroxylation sites is 4. The predicted molar refractivity (Wildman–Crippen MR) is 181 cm³/mol. The molecule has 4 heteroatoms. The highest BCUT2D eigenvalue weighted by Crippen LogP contribution is 2.38. The average molecular weight is 597 g/mol. The first-order valence-electron chi connectivity index (χ1n) is 15.8. The van der Waals surface area contributed by atoms with Gasteiger partial charge in [0.2, 0.25) is 0 Å². The second kappa shape index (κ2) is 14.2. The summed E-state index contributed by atoms with van der Waals surface area (Å²) in [6, 6.07) is 35.3. The van der Waals surface area contributed by atoms with E-state index in [2.05, 4.69) is 80.2 Å². The third-order valence-electron chi connectivity index (χ3n) is 8.28. The van der Waals surface area contributed by atoms with Crippen molar-refractivity contribution in [1.82, 2.24) is 0 Å². The Bertz CT molecular complexity index is 1770. The summed E-state index contributed by atoms with van der Waals surface area (Å²) in [5.74, 6) is 2.93. The van der Waals surface area contributed by atoms with E-state index in [1.807, 2.05) is 36.4 Å². The monoisotopic (exact) mass is 596 g/mol. The minimum Gasteiger partial charge on any atom is -0.507 e. The molecule has 8 bridgehead atoms. The summed E-state index contributed by atoms with van der Waals surface area (Å²) in [7, 11) is 0. The second-order valence-corrected chi connectivity index (χ2v) is 11.6. The topological polar surface area (TPSA) is 47.9 Å². The number of rotatable bonds is 9. The van der Waals surface area contributed by atoms with Crippen LogP contribution in [0.2, 0.25) is 0 Å². The summed E-state index contributed by atoms with van der Waals surface area (Å²) in [6.07, 6.45) is 5.06. The van der Waals surface area contributed by atoms with Crippen LogP contribution in [0.15, 0.2) is 116 Å². The molecule has 0 radical (unpaired) electrons. The van der Waals surface area contributed by atoms with E-state index >= 15 is 0 Å². The van der Waals surface area contributed by atoms with Gasteiger partial charge in [0, 0.05) is 25.7 Å². The highest BCUT2D eigenvalue weighted by molar-refractivity contribution is 5.55. The third-order valence-corrected chi connectivity index (χ3v) is 8.28. The van der Waals surface area contributed by atoms with Gasteiger partial charge >= 0.3 is 0 Å². The maximum absolute atomic E-state index is 11.6. The molecule has 0 amide bonds. The molecule has 0 fully saturated rings. The molecular weight excluding hydrogens is 556 g/mol. The van der Waals surface area contributed by atoms with Crippen LogP contribution < -0.4 is 14.2 Å². The predicted octanol–water partition coefficient (Wildman–Crippen LogP) is 9.00. The summed E-state index contributed by atoms with van der Waals surface area (Å²) >= 11 is 0. The summed E-state index contributed by atoms with van der Waals surface area (Å²) in [6.45, 7) is 7.50. The molecule has 1 aliphatic rings. The van der Waals surface area contributed by atoms with Crippen molar-refractivity contribution in [2.45, 2.75) is 45.6 Å². The van der Waals surface area contributed by atoms with Crippen LogP contribution in [-0.4, -0.2) is 18.3 Å². The maximum atomic E-state index is 11.6. The number of phenolic OH excluding ortho intramolecular Hbond substituents is 1. The van der Waals surface area contributed by atoms with Gasteiger partial charge in [-0.1, -0.05) is 123 Å². The number of hydrogen-bond acceptors (Lipinski definition) is 4. The molecule has 45 heavy (non-hydrogen) atoms. The minimum absolute atomic E-state index is 0.310. The van der Waals surface area contributed by atoms with Crippen molar-refractivity contribution in [3.05, 3.63) is 166 Å². The molecule has 5 aromatic carbocycles. The van der Waals surface area contributed by atoms with Crippen LogP contribution in [0.3, 0.4) is 0 Å². The van der Waals surface area contributed by atoms with E-state index < -0.39 is 0 Å². The van der Waals surface area contributed by atoms with Crippen LogP contribution >= 0.6 is 0 Å². The molecule has 0 saturated carbocycles. The Morgan fingerprint density at radius 1 is 0.556 bits per heavy atom. The first kappa shape index (κ1) is 30.1. The number of hydrogen-bond donors (Lipinski definition) is 1. The van der Waals surface area contributed by atoms with E-state index in [9.17, 15) is 5.11 Å². The first-order chi connectivity index (χ1) is 22.1. The fourth-order valence-electron chi connectivity index (χ4n) is 6.13. The lowest BCUT2D eigenvalue weighted by Crippen LogP contribution is -2.08. The number of phenols is 1. The van der Waals surface area contributed by atoms with E-state index in [1.54, 1.807) is 6.08 Å². The molecule has 0 atom stereocenters. The van der Waals surface area contributed by atoms with E-state index in [4.69, 9.17) is 14.2 Å². The fraction of sp³-hybridized carbons (Fsp3) is 0.220. The Morgan fingerprint density at radius 2 is 0.978 bits per heavy atom. The Hall–Kier alpha value is -4.96. The average Bonchev–Trinajstić information content (AvgIpc) is 3.06. The number of ether oxygens (including phenoxy) is 3. The van der Waals surface area contributed by atoms with Gasteiger partial charge in [0.15, 0.2) is 0 Å². The van der Waals surface area contributed by atoms with Crippen molar-refractivity contribution in [2.24, 2.45) is 0 Å². The van der Waals surface area contributed by atoms with Crippen molar-refractivity contribution >= 4 is 0 Å². The lowest BCUT2D eigenvalue weighted by atomic mass is 9.91. The Balaban J connectivity index is 1.52. The molecule has 1 N–H and O–H groups in total. The molecule has 228 valence electrons. The van der Waals surface area contributed by atoms with E-state index in [0.29, 0.717) is 51.3 Å². The van der Waals surface area contributed by atoms with Crippen molar-refractivity contribution in [3.8, 4) is 23.0 Å². The minimum atomic E-state index is 0.310. The number of benzene rings is 5.